The molecule has 1 fully saturated rings. The first-order valence-corrected chi connectivity index (χ1v) is 5.38. The number of hydrogen-bond acceptors (Lipinski definition) is 3. The summed E-state index contributed by atoms with van der Waals surface area (Å²) >= 11 is 6.12. The lowest BCUT2D eigenvalue weighted by atomic mass is 9.81. The maximum absolute atomic E-state index is 9.09. The SMILES string of the molecule is COc1ccc(CC2(C#N)COC2)c(Cl)c1. The molecule has 0 aromatic heterocycles. The summed E-state index contributed by atoms with van der Waals surface area (Å²) in [5.74, 6) is 0.726. The molecule has 1 aromatic carbocycles. The fourth-order valence-electron chi connectivity index (χ4n) is 1.72. The van der Waals surface area contributed by atoms with Crippen molar-refractivity contribution in [2.45, 2.75) is 6.42 Å². The Labute approximate surface area is 99.5 Å². The second-order valence-electron chi connectivity index (χ2n) is 4.02. The van der Waals surface area contributed by atoms with Crippen molar-refractivity contribution >= 4 is 11.6 Å². The molecule has 2 rings (SSSR count). The predicted molar refractivity (Wildman–Crippen MR) is 60.6 cm³/mol. The zero-order valence-electron chi connectivity index (χ0n) is 9.00. The average molecular weight is 238 g/mol. The van der Waals surface area contributed by atoms with E-state index in [1.165, 1.54) is 0 Å². The van der Waals surface area contributed by atoms with Gasteiger partial charge >= 0.3 is 0 Å². The molecule has 1 aliphatic heterocycles. The van der Waals surface area contributed by atoms with Crippen molar-refractivity contribution in [2.75, 3.05) is 20.3 Å². The standard InChI is InChI=1S/C12H12ClNO2/c1-15-10-3-2-9(11(13)4-10)5-12(6-14)7-16-8-12/h2-4H,5,7-8H2,1H3. The number of nitrogens with zero attached hydrogens (tertiary/aromatic N) is 1. The summed E-state index contributed by atoms with van der Waals surface area (Å²) in [5.41, 5.74) is 0.574. The van der Waals surface area contributed by atoms with Crippen molar-refractivity contribution in [3.8, 4) is 11.8 Å². The van der Waals surface area contributed by atoms with Crippen LogP contribution < -0.4 is 4.74 Å². The van der Waals surface area contributed by atoms with Gasteiger partial charge in [0, 0.05) is 5.02 Å². The van der Waals surface area contributed by atoms with Gasteiger partial charge in [0.05, 0.1) is 26.4 Å². The molecule has 1 aromatic rings. The minimum atomic E-state index is -0.391. The van der Waals surface area contributed by atoms with Crippen LogP contribution in [0, 0.1) is 16.7 Å². The minimum Gasteiger partial charge on any atom is -0.497 e. The van der Waals surface area contributed by atoms with Crippen LogP contribution in [0.15, 0.2) is 18.2 Å². The molecule has 1 heterocycles. The number of nitriles is 1. The number of rotatable bonds is 3. The van der Waals surface area contributed by atoms with Crippen LogP contribution in [0.2, 0.25) is 5.02 Å². The van der Waals surface area contributed by atoms with Crippen molar-refractivity contribution in [1.29, 1.82) is 5.26 Å². The third kappa shape index (κ3) is 1.99. The lowest BCUT2D eigenvalue weighted by Gasteiger charge is -2.35. The molecule has 0 saturated carbocycles. The fourth-order valence-corrected chi connectivity index (χ4v) is 1.95. The maximum atomic E-state index is 9.09. The van der Waals surface area contributed by atoms with Crippen LogP contribution in [-0.2, 0) is 11.2 Å². The molecule has 0 radical (unpaired) electrons. The Hall–Kier alpha value is -1.24. The highest BCUT2D eigenvalue weighted by molar-refractivity contribution is 6.31. The highest BCUT2D eigenvalue weighted by Crippen LogP contribution is 2.34. The largest absolute Gasteiger partial charge is 0.497 e. The van der Waals surface area contributed by atoms with E-state index in [-0.39, 0.29) is 0 Å². The van der Waals surface area contributed by atoms with E-state index in [1.54, 1.807) is 13.2 Å². The second-order valence-corrected chi connectivity index (χ2v) is 4.43. The minimum absolute atomic E-state index is 0.391. The second kappa shape index (κ2) is 4.32. The Morgan fingerprint density at radius 3 is 2.75 bits per heavy atom. The molecular formula is C12H12ClNO2. The first-order valence-electron chi connectivity index (χ1n) is 5.00. The van der Waals surface area contributed by atoms with Crippen LogP contribution >= 0.6 is 11.6 Å². The van der Waals surface area contributed by atoms with Crippen LogP contribution in [0.5, 0.6) is 5.75 Å². The van der Waals surface area contributed by atoms with Gasteiger partial charge < -0.3 is 9.47 Å². The molecule has 0 amide bonds. The summed E-state index contributed by atoms with van der Waals surface area (Å²) in [6.07, 6.45) is 0.631. The van der Waals surface area contributed by atoms with Crippen molar-refractivity contribution in [3.05, 3.63) is 28.8 Å². The highest BCUT2D eigenvalue weighted by atomic mass is 35.5. The van der Waals surface area contributed by atoms with Gasteiger partial charge in [0.2, 0.25) is 0 Å². The zero-order valence-corrected chi connectivity index (χ0v) is 9.75. The molecule has 0 aliphatic carbocycles. The van der Waals surface area contributed by atoms with Gasteiger partial charge in [-0.05, 0) is 24.1 Å². The number of hydrogen-bond donors (Lipinski definition) is 0. The number of methoxy groups -OCH3 is 1. The van der Waals surface area contributed by atoms with Crippen LogP contribution in [-0.4, -0.2) is 20.3 Å². The van der Waals surface area contributed by atoms with Gasteiger partial charge in [-0.1, -0.05) is 17.7 Å². The van der Waals surface area contributed by atoms with E-state index in [9.17, 15) is 0 Å². The average Bonchev–Trinajstić information content (AvgIpc) is 2.25. The molecule has 0 atom stereocenters. The summed E-state index contributed by atoms with van der Waals surface area (Å²) in [5, 5.41) is 9.73. The molecule has 84 valence electrons. The summed E-state index contributed by atoms with van der Waals surface area (Å²) in [4.78, 5) is 0. The molecule has 1 aliphatic rings. The molecule has 1 saturated heterocycles. The predicted octanol–water partition coefficient (Wildman–Crippen LogP) is 2.43. The zero-order chi connectivity index (χ0) is 11.6. The van der Waals surface area contributed by atoms with Crippen molar-refractivity contribution in [3.63, 3.8) is 0 Å². The monoisotopic (exact) mass is 237 g/mol. The molecule has 3 nitrogen and oxygen atoms in total. The Kier molecular flexibility index (Phi) is 3.04. The van der Waals surface area contributed by atoms with Gasteiger partial charge in [0.1, 0.15) is 11.2 Å². The summed E-state index contributed by atoms with van der Waals surface area (Å²) in [6.45, 7) is 0.984. The lowest BCUT2D eigenvalue weighted by Crippen LogP contribution is -2.43. The van der Waals surface area contributed by atoms with Gasteiger partial charge in [0.25, 0.3) is 0 Å². The molecular weight excluding hydrogens is 226 g/mol. The van der Waals surface area contributed by atoms with Crippen molar-refractivity contribution in [1.82, 2.24) is 0 Å². The summed E-state index contributed by atoms with van der Waals surface area (Å²) in [7, 11) is 1.60. The third-order valence-corrected chi connectivity index (χ3v) is 3.13. The molecule has 0 bridgehead atoms. The first kappa shape index (κ1) is 11.3. The molecule has 16 heavy (non-hydrogen) atoms. The normalized spacial score (nSPS) is 17.3. The summed E-state index contributed by atoms with van der Waals surface area (Å²) < 4.78 is 10.2. The molecule has 0 unspecified atom stereocenters. The van der Waals surface area contributed by atoms with Gasteiger partial charge in [-0.2, -0.15) is 5.26 Å². The Morgan fingerprint density at radius 1 is 1.56 bits per heavy atom. The van der Waals surface area contributed by atoms with Crippen LogP contribution in [0.1, 0.15) is 5.56 Å². The Bertz CT molecular complexity index is 435. The van der Waals surface area contributed by atoms with Gasteiger partial charge in [-0.3, -0.25) is 0 Å². The summed E-state index contributed by atoms with van der Waals surface area (Å²) in [6, 6.07) is 7.82. The molecule has 0 spiro atoms. The van der Waals surface area contributed by atoms with Crippen molar-refractivity contribution < 1.29 is 9.47 Å². The Morgan fingerprint density at radius 2 is 2.31 bits per heavy atom. The van der Waals surface area contributed by atoms with Gasteiger partial charge in [-0.25, -0.2) is 0 Å². The van der Waals surface area contributed by atoms with Crippen LogP contribution in [0.4, 0.5) is 0 Å². The number of ether oxygens (including phenoxy) is 2. The van der Waals surface area contributed by atoms with E-state index in [0.717, 1.165) is 11.3 Å². The number of halogens is 1. The van der Waals surface area contributed by atoms with E-state index in [0.29, 0.717) is 24.7 Å². The fraction of sp³-hybridized carbons (Fsp3) is 0.417. The van der Waals surface area contributed by atoms with E-state index in [1.807, 2.05) is 12.1 Å². The Balaban J connectivity index is 2.19. The maximum Gasteiger partial charge on any atom is 0.120 e. The highest BCUT2D eigenvalue weighted by Gasteiger charge is 2.39. The molecule has 4 heteroatoms. The quantitative estimate of drug-likeness (QED) is 0.811. The van der Waals surface area contributed by atoms with Crippen LogP contribution in [0.3, 0.4) is 0 Å². The topological polar surface area (TPSA) is 42.2 Å². The van der Waals surface area contributed by atoms with Gasteiger partial charge in [-0.15, -0.1) is 0 Å². The van der Waals surface area contributed by atoms with E-state index in [4.69, 9.17) is 26.3 Å². The van der Waals surface area contributed by atoms with E-state index < -0.39 is 5.41 Å². The lowest BCUT2D eigenvalue weighted by molar-refractivity contribution is -0.0765. The van der Waals surface area contributed by atoms with Crippen molar-refractivity contribution in [2.24, 2.45) is 5.41 Å². The van der Waals surface area contributed by atoms with E-state index >= 15 is 0 Å². The molecule has 0 N–H and O–H groups in total. The third-order valence-electron chi connectivity index (χ3n) is 2.78. The van der Waals surface area contributed by atoms with Crippen LogP contribution in [0.25, 0.3) is 0 Å². The van der Waals surface area contributed by atoms with Gasteiger partial charge in [0.15, 0.2) is 0 Å². The first-order chi connectivity index (χ1) is 7.69. The smallest absolute Gasteiger partial charge is 0.120 e. The van der Waals surface area contributed by atoms with E-state index in [2.05, 4.69) is 6.07 Å². The number of benzene rings is 1.